The Morgan fingerprint density at radius 2 is 2.08 bits per heavy atom. The average Bonchev–Trinajstić information content (AvgIpc) is 3.21. The summed E-state index contributed by atoms with van der Waals surface area (Å²) in [6, 6.07) is 7.73. The number of benzene rings is 1. The molecule has 7 nitrogen and oxygen atoms in total. The highest BCUT2D eigenvalue weighted by atomic mass is 32.2. The maximum Gasteiger partial charge on any atom is 0.233 e. The first-order valence-corrected chi connectivity index (χ1v) is 11.3. The first-order chi connectivity index (χ1) is 12.4. The van der Waals surface area contributed by atoms with Gasteiger partial charge in [0.15, 0.2) is 15.7 Å². The van der Waals surface area contributed by atoms with Crippen LogP contribution in [0.25, 0.3) is 11.4 Å². The van der Waals surface area contributed by atoms with Crippen LogP contribution in [0.15, 0.2) is 29.4 Å². The van der Waals surface area contributed by atoms with Gasteiger partial charge in [-0.15, -0.1) is 5.10 Å². The highest BCUT2D eigenvalue weighted by molar-refractivity contribution is 7.99. The van der Waals surface area contributed by atoms with Crippen LogP contribution in [0.4, 0.5) is 0 Å². The number of thioether (sulfide) groups is 1. The molecule has 1 aliphatic rings. The lowest BCUT2D eigenvalue weighted by Crippen LogP contribution is -2.41. The summed E-state index contributed by atoms with van der Waals surface area (Å²) >= 11 is 1.26. The number of aromatic nitrogens is 3. The molecule has 9 heteroatoms. The summed E-state index contributed by atoms with van der Waals surface area (Å²) in [7, 11) is -3.01. The molecule has 1 aliphatic heterocycles. The average molecular weight is 395 g/mol. The number of rotatable bonds is 6. The van der Waals surface area contributed by atoms with Crippen LogP contribution in [0.3, 0.4) is 0 Å². The Bertz CT molecular complexity index is 878. The fourth-order valence-corrected chi connectivity index (χ4v) is 5.44. The van der Waals surface area contributed by atoms with Gasteiger partial charge in [0.05, 0.1) is 17.3 Å². The third-order valence-electron chi connectivity index (χ3n) is 4.42. The minimum absolute atomic E-state index is 0.0650. The predicted molar refractivity (Wildman–Crippen MR) is 102 cm³/mol. The molecular formula is C17H22N4O3S2. The summed E-state index contributed by atoms with van der Waals surface area (Å²) in [6.07, 6.45) is 0.519. The molecule has 1 amide bonds. The monoisotopic (exact) mass is 394 g/mol. The highest BCUT2D eigenvalue weighted by Crippen LogP contribution is 2.22. The molecule has 1 aromatic carbocycles. The standard InChI is InChI=1S/C17H22N4O3S2/c1-3-21(14-8-9-26(23,24)11-14)15(22)10-25-17-18-16(19-20-17)13-6-4-12(2)5-7-13/h4-7,14H,3,8-11H2,1-2H3,(H,18,19,20)/t14-/m0/s1. The number of H-pyrrole nitrogens is 1. The molecular weight excluding hydrogens is 372 g/mol. The zero-order chi connectivity index (χ0) is 18.7. The second kappa shape index (κ2) is 7.79. The molecule has 3 rings (SSSR count). The van der Waals surface area contributed by atoms with Crippen LogP contribution in [0.1, 0.15) is 18.9 Å². The molecule has 1 atom stereocenters. The van der Waals surface area contributed by atoms with Gasteiger partial charge in [-0.3, -0.25) is 9.89 Å². The van der Waals surface area contributed by atoms with Crippen LogP contribution in [0, 0.1) is 6.92 Å². The van der Waals surface area contributed by atoms with Crippen molar-refractivity contribution in [3.63, 3.8) is 0 Å². The van der Waals surface area contributed by atoms with Crippen molar-refractivity contribution in [1.29, 1.82) is 0 Å². The number of aryl methyl sites for hydroxylation is 1. The van der Waals surface area contributed by atoms with Crippen LogP contribution >= 0.6 is 11.8 Å². The topological polar surface area (TPSA) is 96.0 Å². The Morgan fingerprint density at radius 3 is 2.69 bits per heavy atom. The van der Waals surface area contributed by atoms with Crippen LogP contribution in [0.2, 0.25) is 0 Å². The van der Waals surface area contributed by atoms with Crippen molar-refractivity contribution in [2.45, 2.75) is 31.5 Å². The second-order valence-corrected chi connectivity index (χ2v) is 9.53. The van der Waals surface area contributed by atoms with E-state index in [0.717, 1.165) is 5.56 Å². The van der Waals surface area contributed by atoms with E-state index >= 15 is 0 Å². The van der Waals surface area contributed by atoms with Crippen molar-refractivity contribution in [3.05, 3.63) is 29.8 Å². The lowest BCUT2D eigenvalue weighted by atomic mass is 10.1. The number of sulfone groups is 1. The number of aromatic amines is 1. The minimum Gasteiger partial charge on any atom is -0.338 e. The minimum atomic E-state index is -3.01. The van der Waals surface area contributed by atoms with E-state index in [0.29, 0.717) is 23.9 Å². The molecule has 2 heterocycles. The first-order valence-electron chi connectivity index (χ1n) is 8.50. The van der Waals surface area contributed by atoms with Gasteiger partial charge < -0.3 is 4.90 Å². The van der Waals surface area contributed by atoms with Crippen LogP contribution < -0.4 is 0 Å². The summed E-state index contributed by atoms with van der Waals surface area (Å²) < 4.78 is 23.3. The van der Waals surface area contributed by atoms with E-state index in [9.17, 15) is 13.2 Å². The molecule has 0 unspecified atom stereocenters. The van der Waals surface area contributed by atoms with Crippen LogP contribution in [-0.2, 0) is 14.6 Å². The summed E-state index contributed by atoms with van der Waals surface area (Å²) in [4.78, 5) is 18.6. The zero-order valence-corrected chi connectivity index (χ0v) is 16.4. The summed E-state index contributed by atoms with van der Waals surface area (Å²) in [5.41, 5.74) is 2.11. The molecule has 1 aromatic heterocycles. The van der Waals surface area contributed by atoms with Crippen LogP contribution in [0.5, 0.6) is 0 Å². The lowest BCUT2D eigenvalue weighted by molar-refractivity contribution is -0.129. The zero-order valence-electron chi connectivity index (χ0n) is 14.8. The molecule has 1 saturated heterocycles. The van der Waals surface area contributed by atoms with Gasteiger partial charge in [-0.25, -0.2) is 13.4 Å². The van der Waals surface area contributed by atoms with Gasteiger partial charge in [0.1, 0.15) is 0 Å². The molecule has 26 heavy (non-hydrogen) atoms. The molecule has 0 spiro atoms. The SMILES string of the molecule is CCN(C(=O)CSc1n[nH]c(-c2ccc(C)cc2)n1)[C@H]1CCS(=O)(=O)C1. The number of amides is 1. The van der Waals surface area contributed by atoms with Gasteiger partial charge in [-0.2, -0.15) is 0 Å². The molecule has 1 fully saturated rings. The second-order valence-electron chi connectivity index (χ2n) is 6.36. The molecule has 0 bridgehead atoms. The summed E-state index contributed by atoms with van der Waals surface area (Å²) in [6.45, 7) is 4.39. The van der Waals surface area contributed by atoms with Gasteiger partial charge in [0, 0.05) is 18.2 Å². The number of nitrogens with zero attached hydrogens (tertiary/aromatic N) is 3. The van der Waals surface area contributed by atoms with E-state index in [-0.39, 0.29) is 29.2 Å². The quantitative estimate of drug-likeness (QED) is 0.752. The summed E-state index contributed by atoms with van der Waals surface area (Å²) in [5, 5.41) is 7.54. The molecule has 0 radical (unpaired) electrons. The summed E-state index contributed by atoms with van der Waals surface area (Å²) in [5.74, 6) is 0.996. The van der Waals surface area contributed by atoms with Crippen molar-refractivity contribution < 1.29 is 13.2 Å². The normalized spacial score (nSPS) is 18.8. The van der Waals surface area contributed by atoms with Gasteiger partial charge in [-0.05, 0) is 20.3 Å². The van der Waals surface area contributed by atoms with Crippen molar-refractivity contribution in [2.75, 3.05) is 23.8 Å². The van der Waals surface area contributed by atoms with E-state index in [1.165, 1.54) is 17.3 Å². The largest absolute Gasteiger partial charge is 0.338 e. The van der Waals surface area contributed by atoms with Crippen molar-refractivity contribution in [2.24, 2.45) is 0 Å². The van der Waals surface area contributed by atoms with Gasteiger partial charge in [0.25, 0.3) is 0 Å². The van der Waals surface area contributed by atoms with E-state index in [1.807, 2.05) is 38.1 Å². The lowest BCUT2D eigenvalue weighted by Gasteiger charge is -2.26. The number of nitrogens with one attached hydrogen (secondary N) is 1. The van der Waals surface area contributed by atoms with Crippen molar-refractivity contribution in [1.82, 2.24) is 20.1 Å². The van der Waals surface area contributed by atoms with Gasteiger partial charge in [0.2, 0.25) is 11.1 Å². The van der Waals surface area contributed by atoms with E-state index in [2.05, 4.69) is 15.2 Å². The number of hydrogen-bond acceptors (Lipinski definition) is 6. The highest BCUT2D eigenvalue weighted by Gasteiger charge is 2.33. The van der Waals surface area contributed by atoms with E-state index in [1.54, 1.807) is 4.90 Å². The first kappa shape index (κ1) is 18.9. The Labute approximate surface area is 157 Å². The fourth-order valence-electron chi connectivity index (χ4n) is 3.02. The van der Waals surface area contributed by atoms with Crippen molar-refractivity contribution >= 4 is 27.5 Å². The molecule has 0 saturated carbocycles. The Kier molecular flexibility index (Phi) is 5.67. The number of hydrogen-bond donors (Lipinski definition) is 1. The third-order valence-corrected chi connectivity index (χ3v) is 7.01. The van der Waals surface area contributed by atoms with Crippen molar-refractivity contribution in [3.8, 4) is 11.4 Å². The third kappa shape index (κ3) is 4.45. The molecule has 0 aliphatic carbocycles. The Hall–Kier alpha value is -1.87. The molecule has 2 aromatic rings. The van der Waals surface area contributed by atoms with Gasteiger partial charge in [-0.1, -0.05) is 41.6 Å². The maximum atomic E-state index is 12.5. The Balaban J connectivity index is 1.60. The molecule has 1 N–H and O–H groups in total. The van der Waals surface area contributed by atoms with Gasteiger partial charge >= 0.3 is 0 Å². The fraction of sp³-hybridized carbons (Fsp3) is 0.471. The smallest absolute Gasteiger partial charge is 0.233 e. The molecule has 140 valence electrons. The Morgan fingerprint density at radius 1 is 1.35 bits per heavy atom. The number of carbonyl (C=O) groups excluding carboxylic acids is 1. The van der Waals surface area contributed by atoms with E-state index < -0.39 is 9.84 Å². The maximum absolute atomic E-state index is 12.5. The van der Waals surface area contributed by atoms with E-state index in [4.69, 9.17) is 0 Å². The predicted octanol–water partition coefficient (Wildman–Crippen LogP) is 1.91. The number of carbonyl (C=O) groups is 1. The van der Waals surface area contributed by atoms with Crippen LogP contribution in [-0.4, -0.2) is 64.3 Å².